The molecule has 1 aliphatic carbocycles. The maximum atomic E-state index is 13.1. The first-order valence-electron chi connectivity index (χ1n) is 10.3. The van der Waals surface area contributed by atoms with Crippen molar-refractivity contribution in [1.29, 1.82) is 0 Å². The lowest BCUT2D eigenvalue weighted by Crippen LogP contribution is -2.31. The minimum atomic E-state index is -0.802. The van der Waals surface area contributed by atoms with Crippen LogP contribution in [0, 0.1) is 0 Å². The van der Waals surface area contributed by atoms with Crippen molar-refractivity contribution in [2.24, 2.45) is 0 Å². The highest BCUT2D eigenvalue weighted by Crippen LogP contribution is 2.29. The number of rotatable bonds is 4. The van der Waals surface area contributed by atoms with Gasteiger partial charge in [-0.2, -0.15) is 0 Å². The van der Waals surface area contributed by atoms with Gasteiger partial charge in [-0.3, -0.25) is 14.2 Å². The number of anilines is 1. The number of nitrogens with one attached hydrogen (secondary N) is 1. The average molecular weight is 418 g/mol. The van der Waals surface area contributed by atoms with E-state index in [1.165, 1.54) is 23.6 Å². The third-order valence-electron chi connectivity index (χ3n) is 5.84. The summed E-state index contributed by atoms with van der Waals surface area (Å²) in [7, 11) is 1.53. The monoisotopic (exact) mass is 418 g/mol. The zero-order valence-corrected chi connectivity index (χ0v) is 17.3. The predicted molar refractivity (Wildman–Crippen MR) is 117 cm³/mol. The van der Waals surface area contributed by atoms with Gasteiger partial charge in [-0.15, -0.1) is 0 Å². The van der Waals surface area contributed by atoms with E-state index in [0.717, 1.165) is 36.8 Å². The predicted octanol–water partition coefficient (Wildman–Crippen LogP) is 3.62. The second kappa shape index (κ2) is 7.54. The molecule has 1 atom stereocenters. The molecule has 0 radical (unpaired) electrons. The number of fused-ring (bicyclic) bond motifs is 4. The van der Waals surface area contributed by atoms with Gasteiger partial charge < -0.3 is 14.5 Å². The number of para-hydroxylation sites is 2. The van der Waals surface area contributed by atoms with Gasteiger partial charge in [0.1, 0.15) is 17.3 Å². The van der Waals surface area contributed by atoms with E-state index in [2.05, 4.69) is 15.3 Å². The molecule has 0 spiro atoms. The molecule has 1 aromatic carbocycles. The van der Waals surface area contributed by atoms with Crippen LogP contribution >= 0.6 is 0 Å². The molecule has 31 heavy (non-hydrogen) atoms. The van der Waals surface area contributed by atoms with Gasteiger partial charge in [-0.25, -0.2) is 9.97 Å². The minimum absolute atomic E-state index is 0.115. The minimum Gasteiger partial charge on any atom is -0.495 e. The standard InChI is InChI=1S/C23H22N4O4/c1-13(21(28)25-17-9-5-6-10-18(17)30-2)27-12-24-19-15-11-14-7-3-4-8-16(14)26-22(15)31-20(19)23(27)29/h5-6,9-13H,3-4,7-8H2,1-2H3,(H,25,28)/t13-/m0/s1. The largest absolute Gasteiger partial charge is 0.495 e. The molecule has 1 amide bonds. The molecule has 158 valence electrons. The Kier molecular flexibility index (Phi) is 4.69. The van der Waals surface area contributed by atoms with Crippen LogP contribution < -0.4 is 15.6 Å². The molecule has 0 unspecified atom stereocenters. The maximum Gasteiger partial charge on any atom is 0.297 e. The Balaban J connectivity index is 1.52. The first-order valence-corrected chi connectivity index (χ1v) is 10.3. The van der Waals surface area contributed by atoms with E-state index in [0.29, 0.717) is 22.7 Å². The third-order valence-corrected chi connectivity index (χ3v) is 5.84. The number of pyridine rings is 1. The van der Waals surface area contributed by atoms with E-state index in [1.54, 1.807) is 25.1 Å². The number of furan rings is 1. The molecule has 0 saturated carbocycles. The van der Waals surface area contributed by atoms with Gasteiger partial charge in [0, 0.05) is 5.69 Å². The lowest BCUT2D eigenvalue weighted by atomic mass is 9.95. The number of methoxy groups -OCH3 is 1. The number of aromatic nitrogens is 3. The van der Waals surface area contributed by atoms with E-state index < -0.39 is 11.6 Å². The van der Waals surface area contributed by atoms with Crippen molar-refractivity contribution in [3.05, 3.63) is 58.3 Å². The van der Waals surface area contributed by atoms with Gasteiger partial charge in [-0.1, -0.05) is 12.1 Å². The Hall–Kier alpha value is -3.68. The number of amides is 1. The van der Waals surface area contributed by atoms with Crippen LogP contribution in [0.3, 0.4) is 0 Å². The number of benzene rings is 1. The fourth-order valence-electron chi connectivity index (χ4n) is 4.08. The molecule has 0 saturated heterocycles. The van der Waals surface area contributed by atoms with Crippen molar-refractivity contribution in [3.63, 3.8) is 0 Å². The molecule has 1 aliphatic rings. The highest BCUT2D eigenvalue weighted by molar-refractivity contribution is 6.01. The van der Waals surface area contributed by atoms with Crippen LogP contribution in [0.25, 0.3) is 22.2 Å². The molecule has 8 nitrogen and oxygen atoms in total. The van der Waals surface area contributed by atoms with Gasteiger partial charge in [-0.05, 0) is 56.4 Å². The topological polar surface area (TPSA) is 99.2 Å². The molecule has 0 bridgehead atoms. The highest BCUT2D eigenvalue weighted by Gasteiger charge is 2.23. The van der Waals surface area contributed by atoms with Crippen molar-refractivity contribution < 1.29 is 13.9 Å². The molecule has 0 aliphatic heterocycles. The number of hydrogen-bond acceptors (Lipinski definition) is 6. The normalized spacial score (nSPS) is 14.4. The SMILES string of the molecule is COc1ccccc1NC(=O)[C@H](C)n1cnc2c(oc3nc4c(cc32)CCCC4)c1=O. The summed E-state index contributed by atoms with van der Waals surface area (Å²) in [6.07, 6.45) is 5.53. The van der Waals surface area contributed by atoms with Crippen LogP contribution in [-0.4, -0.2) is 27.6 Å². The van der Waals surface area contributed by atoms with Crippen LogP contribution in [0.4, 0.5) is 5.69 Å². The van der Waals surface area contributed by atoms with Crippen LogP contribution in [0.2, 0.25) is 0 Å². The average Bonchev–Trinajstić information content (AvgIpc) is 3.16. The number of carbonyl (C=O) groups is 1. The fraction of sp³-hybridized carbons (Fsp3) is 0.304. The summed E-state index contributed by atoms with van der Waals surface area (Å²) in [6, 6.07) is 8.33. The number of hydrogen-bond donors (Lipinski definition) is 1. The molecule has 5 rings (SSSR count). The molecule has 3 aromatic heterocycles. The molecule has 1 N–H and O–H groups in total. The molecule has 0 fully saturated rings. The molecule has 3 heterocycles. The van der Waals surface area contributed by atoms with Gasteiger partial charge in [0.2, 0.25) is 17.2 Å². The van der Waals surface area contributed by atoms with E-state index >= 15 is 0 Å². The van der Waals surface area contributed by atoms with Crippen LogP contribution in [-0.2, 0) is 17.6 Å². The third kappa shape index (κ3) is 3.24. The van der Waals surface area contributed by atoms with Gasteiger partial charge >= 0.3 is 0 Å². The number of aryl methyl sites for hydroxylation is 2. The van der Waals surface area contributed by atoms with Crippen LogP contribution in [0.15, 0.2) is 45.9 Å². The second-order valence-corrected chi connectivity index (χ2v) is 7.76. The zero-order chi connectivity index (χ0) is 21.5. The van der Waals surface area contributed by atoms with Gasteiger partial charge in [0.15, 0.2) is 0 Å². The quantitative estimate of drug-likeness (QED) is 0.543. The second-order valence-electron chi connectivity index (χ2n) is 7.76. The lowest BCUT2D eigenvalue weighted by molar-refractivity contribution is -0.118. The summed E-state index contributed by atoms with van der Waals surface area (Å²) in [5.74, 6) is 0.175. The van der Waals surface area contributed by atoms with E-state index in [-0.39, 0.29) is 11.5 Å². The Labute approximate surface area is 177 Å². The molecule has 8 heteroatoms. The van der Waals surface area contributed by atoms with Crippen molar-refractivity contribution in [2.75, 3.05) is 12.4 Å². The van der Waals surface area contributed by atoms with E-state index in [1.807, 2.05) is 12.1 Å². The van der Waals surface area contributed by atoms with E-state index in [9.17, 15) is 9.59 Å². The highest BCUT2D eigenvalue weighted by atomic mass is 16.5. The van der Waals surface area contributed by atoms with Crippen molar-refractivity contribution in [3.8, 4) is 5.75 Å². The Bertz CT molecular complexity index is 1370. The Morgan fingerprint density at radius 3 is 2.90 bits per heavy atom. The van der Waals surface area contributed by atoms with Gasteiger partial charge in [0.25, 0.3) is 5.56 Å². The van der Waals surface area contributed by atoms with Crippen molar-refractivity contribution in [2.45, 2.75) is 38.6 Å². The molecule has 4 aromatic rings. The molecular weight excluding hydrogens is 396 g/mol. The zero-order valence-electron chi connectivity index (χ0n) is 17.3. The fourth-order valence-corrected chi connectivity index (χ4v) is 4.08. The van der Waals surface area contributed by atoms with Crippen LogP contribution in [0.1, 0.15) is 37.1 Å². The van der Waals surface area contributed by atoms with Crippen molar-refractivity contribution >= 4 is 33.8 Å². The summed E-state index contributed by atoms with van der Waals surface area (Å²) in [6.45, 7) is 1.64. The number of ether oxygens (including phenoxy) is 1. The summed E-state index contributed by atoms with van der Waals surface area (Å²) >= 11 is 0. The van der Waals surface area contributed by atoms with Crippen LogP contribution in [0.5, 0.6) is 5.75 Å². The summed E-state index contributed by atoms with van der Waals surface area (Å²) in [5.41, 5.74) is 3.36. The maximum absolute atomic E-state index is 13.1. The Morgan fingerprint density at radius 1 is 1.26 bits per heavy atom. The smallest absolute Gasteiger partial charge is 0.297 e. The Morgan fingerprint density at radius 2 is 2.06 bits per heavy atom. The first kappa shape index (κ1) is 19.3. The molecular formula is C23H22N4O4. The van der Waals surface area contributed by atoms with Gasteiger partial charge in [0.05, 0.1) is 24.5 Å². The lowest BCUT2D eigenvalue weighted by Gasteiger charge is -2.16. The van der Waals surface area contributed by atoms with Crippen molar-refractivity contribution in [1.82, 2.24) is 14.5 Å². The first-order chi connectivity index (χ1) is 15.1. The summed E-state index contributed by atoms with van der Waals surface area (Å²) in [5, 5.41) is 3.55. The number of carbonyl (C=O) groups excluding carboxylic acids is 1. The van der Waals surface area contributed by atoms with E-state index in [4.69, 9.17) is 9.15 Å². The number of nitrogens with zero attached hydrogens (tertiary/aromatic N) is 3. The summed E-state index contributed by atoms with van der Waals surface area (Å²) < 4.78 is 12.4. The summed E-state index contributed by atoms with van der Waals surface area (Å²) in [4.78, 5) is 35.0.